The van der Waals surface area contributed by atoms with Crippen molar-refractivity contribution in [3.8, 4) is 5.75 Å². The Kier molecular flexibility index (Phi) is 6.35. The summed E-state index contributed by atoms with van der Waals surface area (Å²) in [6.45, 7) is 8.14. The molecule has 2 nitrogen and oxygen atoms in total. The molecule has 88 valence electrons. The van der Waals surface area contributed by atoms with Crippen molar-refractivity contribution in [2.24, 2.45) is 0 Å². The van der Waals surface area contributed by atoms with Crippen LogP contribution in [0.2, 0.25) is 0 Å². The zero-order valence-corrected chi connectivity index (χ0v) is 9.95. The van der Waals surface area contributed by atoms with Crippen molar-refractivity contribution in [3.63, 3.8) is 0 Å². The summed E-state index contributed by atoms with van der Waals surface area (Å²) in [7, 11) is 0. The molecule has 16 heavy (non-hydrogen) atoms. The molecule has 0 N–H and O–H groups in total. The van der Waals surface area contributed by atoms with E-state index in [9.17, 15) is 0 Å². The fourth-order valence-electron chi connectivity index (χ4n) is 1.30. The highest BCUT2D eigenvalue weighted by Crippen LogP contribution is 2.12. The van der Waals surface area contributed by atoms with Crippen LogP contribution in [0, 0.1) is 0 Å². The Labute approximate surface area is 97.9 Å². The lowest BCUT2D eigenvalue weighted by Gasteiger charge is -2.06. The first-order valence-electron chi connectivity index (χ1n) is 5.80. The topological polar surface area (TPSA) is 18.5 Å². The average Bonchev–Trinajstić information content (AvgIpc) is 2.34. The third-order valence-corrected chi connectivity index (χ3v) is 2.17. The largest absolute Gasteiger partial charge is 0.494 e. The third kappa shape index (κ3) is 4.99. The Bertz CT molecular complexity index is 290. The van der Waals surface area contributed by atoms with Gasteiger partial charge in [0.25, 0.3) is 0 Å². The van der Waals surface area contributed by atoms with Crippen LogP contribution in [0.25, 0.3) is 6.08 Å². The second-order valence-electron chi connectivity index (χ2n) is 3.59. The summed E-state index contributed by atoms with van der Waals surface area (Å²) in [5, 5.41) is 0. The van der Waals surface area contributed by atoms with Crippen LogP contribution in [0.4, 0.5) is 0 Å². The molecule has 0 radical (unpaired) electrons. The van der Waals surface area contributed by atoms with E-state index >= 15 is 0 Å². The van der Waals surface area contributed by atoms with Crippen molar-refractivity contribution >= 4 is 6.08 Å². The van der Waals surface area contributed by atoms with Gasteiger partial charge in [-0.25, -0.2) is 0 Å². The van der Waals surface area contributed by atoms with E-state index in [1.165, 1.54) is 0 Å². The van der Waals surface area contributed by atoms with Gasteiger partial charge >= 0.3 is 0 Å². The quantitative estimate of drug-likeness (QED) is 0.624. The molecule has 0 unspecified atom stereocenters. The predicted molar refractivity (Wildman–Crippen MR) is 67.8 cm³/mol. The van der Waals surface area contributed by atoms with Gasteiger partial charge in [-0.1, -0.05) is 31.7 Å². The zero-order chi connectivity index (χ0) is 11.6. The van der Waals surface area contributed by atoms with Gasteiger partial charge in [0.1, 0.15) is 5.75 Å². The molecule has 0 aliphatic heterocycles. The smallest absolute Gasteiger partial charge is 0.119 e. The minimum Gasteiger partial charge on any atom is -0.494 e. The van der Waals surface area contributed by atoms with E-state index in [-0.39, 0.29) is 0 Å². The first-order valence-corrected chi connectivity index (χ1v) is 5.80. The molecule has 0 bridgehead atoms. The van der Waals surface area contributed by atoms with Gasteiger partial charge in [0.15, 0.2) is 0 Å². The average molecular weight is 220 g/mol. The monoisotopic (exact) mass is 220 g/mol. The van der Waals surface area contributed by atoms with Crippen LogP contribution in [0.1, 0.15) is 25.3 Å². The summed E-state index contributed by atoms with van der Waals surface area (Å²) >= 11 is 0. The molecule has 1 aromatic rings. The van der Waals surface area contributed by atoms with Crippen molar-refractivity contribution in [2.45, 2.75) is 19.8 Å². The van der Waals surface area contributed by atoms with E-state index in [2.05, 4.69) is 13.5 Å². The Hall–Kier alpha value is -1.28. The molecule has 0 aliphatic carbocycles. The molecule has 1 aromatic carbocycles. The lowest BCUT2D eigenvalue weighted by Crippen LogP contribution is -2.03. The fourth-order valence-corrected chi connectivity index (χ4v) is 1.30. The molecular formula is C14H20O2. The van der Waals surface area contributed by atoms with E-state index in [1.54, 1.807) is 0 Å². The summed E-state index contributed by atoms with van der Waals surface area (Å²) in [4.78, 5) is 0. The minimum atomic E-state index is 0.706. The molecule has 0 fully saturated rings. The molecule has 1 rings (SSSR count). The van der Waals surface area contributed by atoms with Gasteiger partial charge in [-0.15, -0.1) is 0 Å². The van der Waals surface area contributed by atoms with Gasteiger partial charge in [0, 0.05) is 19.6 Å². The van der Waals surface area contributed by atoms with Crippen LogP contribution in [0.3, 0.4) is 0 Å². The van der Waals surface area contributed by atoms with Gasteiger partial charge in [-0.3, -0.25) is 0 Å². The lowest BCUT2D eigenvalue weighted by atomic mass is 10.2. The molecule has 0 amide bonds. The van der Waals surface area contributed by atoms with Crippen LogP contribution in [-0.4, -0.2) is 19.8 Å². The fraction of sp³-hybridized carbons (Fsp3) is 0.429. The van der Waals surface area contributed by atoms with E-state index in [0.29, 0.717) is 6.61 Å². The maximum absolute atomic E-state index is 5.57. The Morgan fingerprint density at radius 3 is 2.50 bits per heavy atom. The molecule has 0 saturated heterocycles. The van der Waals surface area contributed by atoms with Crippen LogP contribution in [0.5, 0.6) is 5.75 Å². The van der Waals surface area contributed by atoms with Gasteiger partial charge in [-0.05, 0) is 24.1 Å². The van der Waals surface area contributed by atoms with Crippen LogP contribution in [-0.2, 0) is 4.74 Å². The highest BCUT2D eigenvalue weighted by molar-refractivity contribution is 5.48. The summed E-state index contributed by atoms with van der Waals surface area (Å²) in [6, 6.07) is 7.92. The Balaban J connectivity index is 2.14. The van der Waals surface area contributed by atoms with Crippen LogP contribution < -0.4 is 4.74 Å². The van der Waals surface area contributed by atoms with E-state index in [4.69, 9.17) is 9.47 Å². The number of ether oxygens (including phenoxy) is 2. The van der Waals surface area contributed by atoms with Gasteiger partial charge in [0.05, 0.1) is 6.61 Å². The summed E-state index contributed by atoms with van der Waals surface area (Å²) < 4.78 is 10.9. The van der Waals surface area contributed by atoms with E-state index in [0.717, 1.165) is 37.4 Å². The Morgan fingerprint density at radius 2 is 1.88 bits per heavy atom. The number of hydrogen-bond donors (Lipinski definition) is 0. The van der Waals surface area contributed by atoms with Crippen LogP contribution in [0.15, 0.2) is 30.8 Å². The number of hydrogen-bond acceptors (Lipinski definition) is 2. The normalized spacial score (nSPS) is 10.1. The van der Waals surface area contributed by atoms with Crippen molar-refractivity contribution in [1.82, 2.24) is 0 Å². The maximum atomic E-state index is 5.57. The maximum Gasteiger partial charge on any atom is 0.119 e. The van der Waals surface area contributed by atoms with Crippen molar-refractivity contribution in [2.75, 3.05) is 19.8 Å². The van der Waals surface area contributed by atoms with Crippen LogP contribution >= 0.6 is 0 Å². The Morgan fingerprint density at radius 1 is 1.12 bits per heavy atom. The standard InChI is InChI=1S/C14H20O2/c1-3-10-15-11-5-12-16-14-8-6-13(4-2)7-9-14/h4,6-9H,2-3,5,10-12H2,1H3. The van der Waals surface area contributed by atoms with E-state index < -0.39 is 0 Å². The molecule has 0 saturated carbocycles. The summed E-state index contributed by atoms with van der Waals surface area (Å²) in [5.74, 6) is 0.904. The second-order valence-corrected chi connectivity index (χ2v) is 3.59. The predicted octanol–water partition coefficient (Wildman–Crippen LogP) is 3.53. The highest BCUT2D eigenvalue weighted by atomic mass is 16.5. The molecule has 0 spiro atoms. The minimum absolute atomic E-state index is 0.706. The van der Waals surface area contributed by atoms with Gasteiger partial charge in [0.2, 0.25) is 0 Å². The number of rotatable bonds is 8. The first kappa shape index (κ1) is 12.8. The van der Waals surface area contributed by atoms with E-state index in [1.807, 2.05) is 30.3 Å². The molecule has 0 aromatic heterocycles. The lowest BCUT2D eigenvalue weighted by molar-refractivity contribution is 0.120. The molecule has 2 heteroatoms. The summed E-state index contributed by atoms with van der Waals surface area (Å²) in [6.07, 6.45) is 3.83. The molecule has 0 atom stereocenters. The van der Waals surface area contributed by atoms with Crippen molar-refractivity contribution < 1.29 is 9.47 Å². The van der Waals surface area contributed by atoms with Crippen molar-refractivity contribution in [3.05, 3.63) is 36.4 Å². The molecular weight excluding hydrogens is 200 g/mol. The second kappa shape index (κ2) is 7.94. The highest BCUT2D eigenvalue weighted by Gasteiger charge is 1.93. The summed E-state index contributed by atoms with van der Waals surface area (Å²) in [5.41, 5.74) is 1.11. The van der Waals surface area contributed by atoms with Crippen molar-refractivity contribution in [1.29, 1.82) is 0 Å². The molecule has 0 heterocycles. The van der Waals surface area contributed by atoms with Gasteiger partial charge < -0.3 is 9.47 Å². The van der Waals surface area contributed by atoms with Gasteiger partial charge in [-0.2, -0.15) is 0 Å². The number of benzene rings is 1. The SMILES string of the molecule is C=Cc1ccc(OCCCOCCC)cc1. The zero-order valence-electron chi connectivity index (χ0n) is 9.95. The molecule has 0 aliphatic rings. The third-order valence-electron chi connectivity index (χ3n) is 2.17. The first-order chi connectivity index (χ1) is 7.86.